The number of ether oxygens (including phenoxy) is 1. The Hall–Kier alpha value is -3.34. The predicted octanol–water partition coefficient (Wildman–Crippen LogP) is 4.63. The fourth-order valence-corrected chi connectivity index (χ4v) is 4.55. The summed E-state index contributed by atoms with van der Waals surface area (Å²) in [6, 6.07) is 10.7. The van der Waals surface area contributed by atoms with E-state index in [1.165, 1.54) is 0 Å². The van der Waals surface area contributed by atoms with E-state index in [0.29, 0.717) is 30.2 Å². The minimum absolute atomic E-state index is 0.0717. The molecule has 0 radical (unpaired) electrons. The summed E-state index contributed by atoms with van der Waals surface area (Å²) in [4.78, 5) is 34.2. The van der Waals surface area contributed by atoms with Crippen LogP contribution < -0.4 is 26.4 Å². The van der Waals surface area contributed by atoms with Gasteiger partial charge in [-0.15, -0.1) is 0 Å². The molecule has 2 amide bonds. The molecule has 3 aliphatic heterocycles. The van der Waals surface area contributed by atoms with Crippen molar-refractivity contribution < 1.29 is 19.2 Å². The molecule has 10 nitrogen and oxygen atoms in total. The lowest BCUT2D eigenvalue weighted by atomic mass is 10.1. The molecule has 2 aromatic carbocycles. The lowest BCUT2D eigenvalue weighted by Crippen LogP contribution is -2.32. The van der Waals surface area contributed by atoms with Crippen molar-refractivity contribution >= 4 is 52.4 Å². The van der Waals surface area contributed by atoms with Gasteiger partial charge < -0.3 is 31.3 Å². The molecular weight excluding hydrogens is 555 g/mol. The van der Waals surface area contributed by atoms with Crippen molar-refractivity contribution in [3.05, 3.63) is 57.6 Å². The molecule has 0 fully saturated rings. The number of carbonyl (C=O) groups excluding carboxylic acids is 2. The SMILES string of the molecule is CCON=C1CC(=O)N=C(N)NCc2cc(Cl)c(c(Cl)c2)NC(=O)CNCCCCCCCOc2ccc1cc2. The van der Waals surface area contributed by atoms with Crippen molar-refractivity contribution in [3.63, 3.8) is 0 Å². The summed E-state index contributed by atoms with van der Waals surface area (Å²) in [6.07, 6.45) is 5.00. The number of nitrogens with two attached hydrogens (primary N) is 1. The molecule has 0 aliphatic carbocycles. The molecule has 3 heterocycles. The van der Waals surface area contributed by atoms with Gasteiger partial charge in [0.15, 0.2) is 5.96 Å². The van der Waals surface area contributed by atoms with Gasteiger partial charge in [-0.25, -0.2) is 0 Å². The van der Waals surface area contributed by atoms with Gasteiger partial charge in [-0.3, -0.25) is 9.59 Å². The second-order valence-corrected chi connectivity index (χ2v) is 9.99. The topological polar surface area (TPSA) is 139 Å². The normalized spacial score (nSPS) is 17.9. The average Bonchev–Trinajstić information content (AvgIpc) is 2.92. The maximum atomic E-state index is 12.7. The van der Waals surface area contributed by atoms with E-state index < -0.39 is 5.91 Å². The van der Waals surface area contributed by atoms with Gasteiger partial charge in [-0.2, -0.15) is 4.99 Å². The highest BCUT2D eigenvalue weighted by atomic mass is 35.5. The average molecular weight is 592 g/mol. The van der Waals surface area contributed by atoms with E-state index in [0.717, 1.165) is 50.0 Å². The Bertz CT molecular complexity index is 1180. The first kappa shape index (κ1) is 31.2. The van der Waals surface area contributed by atoms with Crippen molar-refractivity contribution in [2.75, 3.05) is 31.6 Å². The number of carbonyl (C=O) groups is 2. The summed E-state index contributed by atoms with van der Waals surface area (Å²) in [5.41, 5.74) is 8.13. The van der Waals surface area contributed by atoms with Gasteiger partial charge in [0.25, 0.3) is 5.91 Å². The number of benzene rings is 2. The summed E-state index contributed by atoms with van der Waals surface area (Å²) in [5, 5.41) is 13.5. The Labute approximate surface area is 244 Å². The van der Waals surface area contributed by atoms with Gasteiger partial charge in [0.1, 0.15) is 12.4 Å². The van der Waals surface area contributed by atoms with Crippen LogP contribution in [-0.2, 0) is 21.0 Å². The first-order chi connectivity index (χ1) is 19.4. The van der Waals surface area contributed by atoms with Gasteiger partial charge >= 0.3 is 0 Å². The van der Waals surface area contributed by atoms with Crippen molar-refractivity contribution in [3.8, 4) is 5.75 Å². The molecule has 4 bridgehead atoms. The maximum absolute atomic E-state index is 12.7. The molecule has 5 N–H and O–H groups in total. The van der Waals surface area contributed by atoms with Crippen LogP contribution in [0.1, 0.15) is 56.6 Å². The molecule has 12 heteroatoms. The molecular formula is C28H36Cl2N6O4. The molecule has 0 saturated carbocycles. The first-order valence-electron chi connectivity index (χ1n) is 13.4. The maximum Gasteiger partial charge on any atom is 0.255 e. The highest BCUT2D eigenvalue weighted by molar-refractivity contribution is 6.39. The fraction of sp³-hybridized carbons (Fsp3) is 0.429. The summed E-state index contributed by atoms with van der Waals surface area (Å²) < 4.78 is 5.86. The zero-order valence-corrected chi connectivity index (χ0v) is 24.1. The van der Waals surface area contributed by atoms with Crippen LogP contribution >= 0.6 is 23.2 Å². The van der Waals surface area contributed by atoms with Crippen LogP contribution in [0.5, 0.6) is 5.75 Å². The Kier molecular flexibility index (Phi) is 13.0. The van der Waals surface area contributed by atoms with Crippen LogP contribution in [-0.4, -0.2) is 49.8 Å². The minimum atomic E-state index is -0.496. The standard InChI is InChI=1S/C28H36Cl2N6O4/c1-2-40-36-24-16-25(37)35-28(31)33-17-19-14-22(29)27(23(30)15-19)34-26(38)18-32-12-6-4-3-5-7-13-39-21-10-8-20(24)9-11-21/h8-11,14-15,32H,2-7,12-13,16-18H2,1H3,(H,34,38)(H3,31,33,35,37). The fourth-order valence-electron chi connectivity index (χ4n) is 3.93. The number of nitrogens with zero attached hydrogens (tertiary/aromatic N) is 2. The highest BCUT2D eigenvalue weighted by Crippen LogP contribution is 2.31. The second kappa shape index (κ2) is 16.7. The number of hydrogen-bond acceptors (Lipinski definition) is 8. The number of fused-ring (bicyclic) bond motifs is 2. The Morgan fingerprint density at radius 3 is 2.45 bits per heavy atom. The van der Waals surface area contributed by atoms with Gasteiger partial charge in [0.05, 0.1) is 41.0 Å². The molecule has 0 aromatic heterocycles. The van der Waals surface area contributed by atoms with Crippen LogP contribution in [0.4, 0.5) is 5.69 Å². The molecule has 40 heavy (non-hydrogen) atoms. The summed E-state index contributed by atoms with van der Waals surface area (Å²) in [5.74, 6) is -0.0640. The van der Waals surface area contributed by atoms with E-state index in [-0.39, 0.29) is 41.4 Å². The van der Waals surface area contributed by atoms with Crippen LogP contribution in [0.2, 0.25) is 10.0 Å². The molecule has 0 unspecified atom stereocenters. The van der Waals surface area contributed by atoms with Gasteiger partial charge in [0, 0.05) is 12.1 Å². The highest BCUT2D eigenvalue weighted by Gasteiger charge is 2.14. The molecule has 5 rings (SSSR count). The smallest absolute Gasteiger partial charge is 0.255 e. The minimum Gasteiger partial charge on any atom is -0.494 e. The molecule has 2 aromatic rings. The van der Waals surface area contributed by atoms with Gasteiger partial charge in [-0.05, 0) is 68.3 Å². The first-order valence-corrected chi connectivity index (χ1v) is 14.1. The van der Waals surface area contributed by atoms with E-state index in [4.69, 9.17) is 38.5 Å². The van der Waals surface area contributed by atoms with E-state index in [1.807, 2.05) is 31.2 Å². The summed E-state index contributed by atoms with van der Waals surface area (Å²) in [7, 11) is 0. The zero-order chi connectivity index (χ0) is 28.7. The van der Waals surface area contributed by atoms with Crippen LogP contribution in [0.25, 0.3) is 0 Å². The van der Waals surface area contributed by atoms with E-state index in [9.17, 15) is 9.59 Å². The second-order valence-electron chi connectivity index (χ2n) is 9.18. The lowest BCUT2D eigenvalue weighted by molar-refractivity contribution is -0.117. The number of halogens is 2. The number of anilines is 1. The quantitative estimate of drug-likeness (QED) is 0.374. The van der Waals surface area contributed by atoms with E-state index in [2.05, 4.69) is 26.1 Å². The molecule has 0 saturated heterocycles. The van der Waals surface area contributed by atoms with Crippen molar-refractivity contribution in [1.29, 1.82) is 0 Å². The number of oxime groups is 1. The Morgan fingerprint density at radius 2 is 1.73 bits per heavy atom. The van der Waals surface area contributed by atoms with Crippen molar-refractivity contribution in [2.24, 2.45) is 15.9 Å². The molecule has 216 valence electrons. The zero-order valence-electron chi connectivity index (χ0n) is 22.6. The van der Waals surface area contributed by atoms with Gasteiger partial charge in [0.2, 0.25) is 5.91 Å². The van der Waals surface area contributed by atoms with E-state index >= 15 is 0 Å². The van der Waals surface area contributed by atoms with E-state index in [1.54, 1.807) is 12.1 Å². The third-order valence-corrected chi connectivity index (χ3v) is 6.54. The number of rotatable bonds is 2. The number of nitrogens with one attached hydrogen (secondary N) is 3. The molecule has 0 atom stereocenters. The summed E-state index contributed by atoms with van der Waals surface area (Å²) >= 11 is 12.8. The van der Waals surface area contributed by atoms with Crippen molar-refractivity contribution in [1.82, 2.24) is 10.6 Å². The number of guanidine groups is 1. The molecule has 0 spiro atoms. The Morgan fingerprint density at radius 1 is 1.02 bits per heavy atom. The lowest BCUT2D eigenvalue weighted by Gasteiger charge is -2.13. The van der Waals surface area contributed by atoms with Crippen molar-refractivity contribution in [2.45, 2.75) is 52.0 Å². The number of hydrogen-bond donors (Lipinski definition) is 4. The third-order valence-electron chi connectivity index (χ3n) is 5.95. The van der Waals surface area contributed by atoms with Gasteiger partial charge in [-0.1, -0.05) is 47.6 Å². The third kappa shape index (κ3) is 10.7. The Balaban J connectivity index is 1.74. The predicted molar refractivity (Wildman–Crippen MR) is 159 cm³/mol. The van der Waals surface area contributed by atoms with Crippen LogP contribution in [0.3, 0.4) is 0 Å². The monoisotopic (exact) mass is 590 g/mol. The summed E-state index contributed by atoms with van der Waals surface area (Å²) in [6.45, 7) is 3.88. The van der Waals surface area contributed by atoms with Crippen LogP contribution in [0, 0.1) is 0 Å². The number of amides is 2. The largest absolute Gasteiger partial charge is 0.494 e. The van der Waals surface area contributed by atoms with Crippen LogP contribution in [0.15, 0.2) is 46.5 Å². The number of aliphatic imine (C=N–C) groups is 1. The molecule has 3 aliphatic rings.